The number of imide groups is 1. The predicted molar refractivity (Wildman–Crippen MR) is 47.7 cm³/mol. The van der Waals surface area contributed by atoms with Gasteiger partial charge in [-0.05, 0) is 0 Å². The van der Waals surface area contributed by atoms with E-state index in [4.69, 9.17) is 5.73 Å². The fraction of sp³-hybridized carbons (Fsp3) is 0.714. The summed E-state index contributed by atoms with van der Waals surface area (Å²) in [4.78, 5) is 23.5. The van der Waals surface area contributed by atoms with Crippen molar-refractivity contribution in [2.75, 3.05) is 19.3 Å². The molecule has 1 atom stereocenters. The molecule has 1 rings (SSSR count). The van der Waals surface area contributed by atoms with Crippen LogP contribution in [0.5, 0.6) is 0 Å². The average Bonchev–Trinajstić information content (AvgIpc) is 2.30. The highest BCUT2D eigenvalue weighted by Gasteiger charge is 2.35. The second-order valence-electron chi connectivity index (χ2n) is 2.64. The monoisotopic (exact) mass is 188 g/mol. The second kappa shape index (κ2) is 3.91. The van der Waals surface area contributed by atoms with Gasteiger partial charge in [0.1, 0.15) is 0 Å². The summed E-state index contributed by atoms with van der Waals surface area (Å²) in [5.41, 5.74) is 5.29. The number of rotatable bonds is 3. The molecule has 1 saturated heterocycles. The molecule has 4 nitrogen and oxygen atoms in total. The zero-order valence-corrected chi connectivity index (χ0v) is 7.76. The molecule has 1 heterocycles. The smallest absolute Gasteiger partial charge is 0.242 e. The van der Waals surface area contributed by atoms with Crippen molar-refractivity contribution in [2.45, 2.75) is 11.7 Å². The minimum atomic E-state index is -0.189. The van der Waals surface area contributed by atoms with E-state index in [0.29, 0.717) is 13.0 Å². The molecular formula is C7H12N2O2S. The Balaban J connectivity index is 2.47. The van der Waals surface area contributed by atoms with Crippen molar-refractivity contribution in [3.8, 4) is 0 Å². The van der Waals surface area contributed by atoms with Crippen LogP contribution in [0.15, 0.2) is 0 Å². The highest BCUT2D eigenvalue weighted by Crippen LogP contribution is 2.23. The second-order valence-corrected chi connectivity index (χ2v) is 3.95. The number of hydrogen-bond donors (Lipinski definition) is 1. The van der Waals surface area contributed by atoms with Crippen molar-refractivity contribution in [3.63, 3.8) is 0 Å². The highest BCUT2D eigenvalue weighted by molar-refractivity contribution is 8.00. The maximum absolute atomic E-state index is 11.3. The Hall–Kier alpha value is -0.550. The van der Waals surface area contributed by atoms with Gasteiger partial charge in [0.05, 0.1) is 5.25 Å². The van der Waals surface area contributed by atoms with Crippen LogP contribution in [0.3, 0.4) is 0 Å². The van der Waals surface area contributed by atoms with Crippen molar-refractivity contribution >= 4 is 23.6 Å². The zero-order chi connectivity index (χ0) is 9.14. The molecule has 0 aromatic carbocycles. The predicted octanol–water partition coefficient (Wildman–Crippen LogP) is -0.564. The van der Waals surface area contributed by atoms with Gasteiger partial charge in [-0.25, -0.2) is 0 Å². The van der Waals surface area contributed by atoms with E-state index in [9.17, 15) is 9.59 Å². The quantitative estimate of drug-likeness (QED) is 0.603. The first-order chi connectivity index (χ1) is 5.66. The lowest BCUT2D eigenvalue weighted by Crippen LogP contribution is -2.26. The first-order valence-corrected chi connectivity index (χ1v) is 4.83. The summed E-state index contributed by atoms with van der Waals surface area (Å²) >= 11 is 1.46. The largest absolute Gasteiger partial charge is 0.330 e. The molecule has 0 aromatic rings. The van der Waals surface area contributed by atoms with E-state index >= 15 is 0 Å². The van der Waals surface area contributed by atoms with Gasteiger partial charge in [-0.1, -0.05) is 0 Å². The van der Waals surface area contributed by atoms with Crippen molar-refractivity contribution in [1.29, 1.82) is 0 Å². The molecule has 0 saturated carbocycles. The number of likely N-dealkylation sites (tertiary alicyclic amines) is 1. The van der Waals surface area contributed by atoms with E-state index in [1.54, 1.807) is 0 Å². The van der Waals surface area contributed by atoms with E-state index in [1.807, 2.05) is 0 Å². The van der Waals surface area contributed by atoms with Gasteiger partial charge in [-0.2, -0.15) is 0 Å². The molecule has 5 heteroatoms. The van der Waals surface area contributed by atoms with Crippen LogP contribution in [-0.2, 0) is 9.59 Å². The van der Waals surface area contributed by atoms with Crippen LogP contribution in [-0.4, -0.2) is 41.3 Å². The van der Waals surface area contributed by atoms with Crippen molar-refractivity contribution in [2.24, 2.45) is 5.73 Å². The van der Waals surface area contributed by atoms with E-state index in [1.165, 1.54) is 23.7 Å². The normalized spacial score (nSPS) is 23.8. The van der Waals surface area contributed by atoms with Crippen LogP contribution in [0.25, 0.3) is 0 Å². The van der Waals surface area contributed by atoms with Crippen molar-refractivity contribution in [3.05, 3.63) is 0 Å². The third-order valence-corrected chi connectivity index (χ3v) is 3.02. The zero-order valence-electron chi connectivity index (χ0n) is 6.95. The van der Waals surface area contributed by atoms with Crippen LogP contribution in [0.4, 0.5) is 0 Å². The fourth-order valence-corrected chi connectivity index (χ4v) is 2.04. The summed E-state index contributed by atoms with van der Waals surface area (Å²) in [6, 6.07) is 0. The Labute approximate surface area is 75.5 Å². The third kappa shape index (κ3) is 1.78. The van der Waals surface area contributed by atoms with Gasteiger partial charge >= 0.3 is 0 Å². The Morgan fingerprint density at radius 1 is 1.67 bits per heavy atom. The van der Waals surface area contributed by atoms with Crippen LogP contribution < -0.4 is 5.73 Å². The molecule has 1 aliphatic rings. The SMILES string of the molecule is CN1C(=O)CC(SCCN)C1=O. The van der Waals surface area contributed by atoms with E-state index in [0.717, 1.165) is 5.75 Å². The molecule has 1 unspecified atom stereocenters. The summed E-state index contributed by atoms with van der Waals surface area (Å²) in [6.45, 7) is 0.548. The van der Waals surface area contributed by atoms with Gasteiger partial charge in [-0.15, -0.1) is 11.8 Å². The Morgan fingerprint density at radius 2 is 2.33 bits per heavy atom. The summed E-state index contributed by atoms with van der Waals surface area (Å²) < 4.78 is 0. The molecule has 1 aliphatic heterocycles. The maximum Gasteiger partial charge on any atom is 0.242 e. The number of nitrogens with two attached hydrogens (primary N) is 1. The topological polar surface area (TPSA) is 63.4 Å². The van der Waals surface area contributed by atoms with Gasteiger partial charge in [-0.3, -0.25) is 14.5 Å². The Morgan fingerprint density at radius 3 is 2.75 bits per heavy atom. The maximum atomic E-state index is 11.3. The number of nitrogens with zero attached hydrogens (tertiary/aromatic N) is 1. The van der Waals surface area contributed by atoms with Crippen molar-refractivity contribution in [1.82, 2.24) is 4.90 Å². The lowest BCUT2D eigenvalue weighted by Gasteiger charge is -2.06. The summed E-state index contributed by atoms with van der Waals surface area (Å²) in [5.74, 6) is 0.560. The van der Waals surface area contributed by atoms with Gasteiger partial charge in [0.2, 0.25) is 11.8 Å². The van der Waals surface area contributed by atoms with E-state index in [2.05, 4.69) is 0 Å². The molecule has 0 spiro atoms. The van der Waals surface area contributed by atoms with Gasteiger partial charge in [0, 0.05) is 25.8 Å². The van der Waals surface area contributed by atoms with E-state index < -0.39 is 0 Å². The molecule has 0 radical (unpaired) electrons. The third-order valence-electron chi connectivity index (χ3n) is 1.78. The number of amides is 2. The van der Waals surface area contributed by atoms with Gasteiger partial charge in [0.15, 0.2) is 0 Å². The number of thioether (sulfide) groups is 1. The molecule has 68 valence electrons. The van der Waals surface area contributed by atoms with Crippen LogP contribution in [0.2, 0.25) is 0 Å². The first kappa shape index (κ1) is 9.54. The minimum absolute atomic E-state index is 0.0848. The molecule has 0 aromatic heterocycles. The van der Waals surface area contributed by atoms with Crippen LogP contribution in [0, 0.1) is 0 Å². The van der Waals surface area contributed by atoms with E-state index in [-0.39, 0.29) is 17.1 Å². The molecular weight excluding hydrogens is 176 g/mol. The summed E-state index contributed by atoms with van der Waals surface area (Å²) in [6.07, 6.45) is 0.333. The van der Waals surface area contributed by atoms with Crippen LogP contribution >= 0.6 is 11.8 Å². The first-order valence-electron chi connectivity index (χ1n) is 3.79. The average molecular weight is 188 g/mol. The lowest BCUT2D eigenvalue weighted by atomic mass is 10.4. The Kier molecular flexibility index (Phi) is 3.11. The minimum Gasteiger partial charge on any atom is -0.330 e. The standard InChI is InChI=1S/C7H12N2O2S/c1-9-6(10)4-5(7(9)11)12-3-2-8/h5H,2-4,8H2,1H3. The Bertz CT molecular complexity index is 208. The summed E-state index contributed by atoms with van der Waals surface area (Å²) in [5, 5.41) is -0.189. The van der Waals surface area contributed by atoms with Gasteiger partial charge < -0.3 is 5.73 Å². The van der Waals surface area contributed by atoms with Crippen LogP contribution in [0.1, 0.15) is 6.42 Å². The lowest BCUT2D eigenvalue weighted by molar-refractivity contribution is -0.136. The number of carbonyl (C=O) groups excluding carboxylic acids is 2. The highest BCUT2D eigenvalue weighted by atomic mass is 32.2. The molecule has 2 amide bonds. The number of carbonyl (C=O) groups is 2. The van der Waals surface area contributed by atoms with Crippen molar-refractivity contribution < 1.29 is 9.59 Å². The summed E-state index contributed by atoms with van der Waals surface area (Å²) in [7, 11) is 1.52. The molecule has 0 bridgehead atoms. The number of hydrogen-bond acceptors (Lipinski definition) is 4. The molecule has 2 N–H and O–H groups in total. The fourth-order valence-electron chi connectivity index (χ4n) is 1.06. The molecule has 12 heavy (non-hydrogen) atoms. The molecule has 1 fully saturated rings. The molecule has 0 aliphatic carbocycles. The van der Waals surface area contributed by atoms with Gasteiger partial charge in [0.25, 0.3) is 0 Å².